The van der Waals surface area contributed by atoms with Crippen molar-refractivity contribution in [1.29, 1.82) is 0 Å². The normalized spacial score (nSPS) is 12.5. The van der Waals surface area contributed by atoms with Crippen LogP contribution in [0.1, 0.15) is 44.7 Å². The van der Waals surface area contributed by atoms with Crippen LogP contribution in [-0.2, 0) is 17.8 Å². The van der Waals surface area contributed by atoms with E-state index >= 15 is 0 Å². The second kappa shape index (κ2) is 7.95. The molecule has 0 aromatic heterocycles. The lowest BCUT2D eigenvalue weighted by molar-refractivity contribution is -0.121. The van der Waals surface area contributed by atoms with Crippen molar-refractivity contribution in [3.05, 3.63) is 35.4 Å². The van der Waals surface area contributed by atoms with Gasteiger partial charge in [0.05, 0.1) is 6.42 Å². The lowest BCUT2D eigenvalue weighted by Gasteiger charge is -2.15. The van der Waals surface area contributed by atoms with E-state index in [1.54, 1.807) is 0 Å². The van der Waals surface area contributed by atoms with Gasteiger partial charge in [0.25, 0.3) is 0 Å². The van der Waals surface area contributed by atoms with Gasteiger partial charge in [0.15, 0.2) is 0 Å². The van der Waals surface area contributed by atoms with Gasteiger partial charge >= 0.3 is 0 Å². The second-order valence-electron chi connectivity index (χ2n) is 5.59. The molecule has 0 bridgehead atoms. The fourth-order valence-corrected chi connectivity index (χ4v) is 2.08. The summed E-state index contributed by atoms with van der Waals surface area (Å²) in [5.74, 6) is 0.759. The van der Waals surface area contributed by atoms with Gasteiger partial charge in [-0.1, -0.05) is 38.1 Å². The lowest BCUT2D eigenvalue weighted by Crippen LogP contribution is -2.34. The fourth-order valence-electron chi connectivity index (χ4n) is 2.08. The zero-order valence-electron chi connectivity index (χ0n) is 12.3. The van der Waals surface area contributed by atoms with E-state index in [0.717, 1.165) is 24.0 Å². The molecule has 0 aliphatic carbocycles. The molecule has 0 saturated carbocycles. The third-order valence-corrected chi connectivity index (χ3v) is 3.27. The maximum atomic E-state index is 12.0. The average Bonchev–Trinajstić information content (AvgIpc) is 2.37. The summed E-state index contributed by atoms with van der Waals surface area (Å²) in [6.45, 7) is 6.94. The first-order valence-corrected chi connectivity index (χ1v) is 7.09. The number of carbonyl (C=O) groups excluding carboxylic acids is 1. The largest absolute Gasteiger partial charge is 0.353 e. The molecule has 0 aliphatic heterocycles. The van der Waals surface area contributed by atoms with Crippen molar-refractivity contribution >= 4 is 5.91 Å². The van der Waals surface area contributed by atoms with Gasteiger partial charge in [0.1, 0.15) is 0 Å². The molecule has 1 aromatic rings. The topological polar surface area (TPSA) is 55.1 Å². The van der Waals surface area contributed by atoms with Gasteiger partial charge < -0.3 is 11.1 Å². The summed E-state index contributed by atoms with van der Waals surface area (Å²) < 4.78 is 0. The van der Waals surface area contributed by atoms with Crippen molar-refractivity contribution < 1.29 is 4.79 Å². The van der Waals surface area contributed by atoms with Crippen LogP contribution >= 0.6 is 0 Å². The summed E-state index contributed by atoms with van der Waals surface area (Å²) >= 11 is 0. The predicted octanol–water partition coefficient (Wildman–Crippen LogP) is 2.63. The van der Waals surface area contributed by atoms with Crippen molar-refractivity contribution in [3.8, 4) is 0 Å². The molecule has 1 aromatic carbocycles. The maximum absolute atomic E-state index is 12.0. The number of nitrogens with one attached hydrogen (secondary N) is 1. The summed E-state index contributed by atoms with van der Waals surface area (Å²) in [6.07, 6.45) is 2.59. The first-order valence-electron chi connectivity index (χ1n) is 7.09. The average molecular weight is 262 g/mol. The Balaban J connectivity index is 2.46. The molecule has 1 unspecified atom stereocenters. The van der Waals surface area contributed by atoms with Gasteiger partial charge in [-0.15, -0.1) is 0 Å². The molecular weight excluding hydrogens is 236 g/mol. The summed E-state index contributed by atoms with van der Waals surface area (Å²) in [5.41, 5.74) is 7.75. The Kier molecular flexibility index (Phi) is 6.57. The summed E-state index contributed by atoms with van der Waals surface area (Å²) in [6, 6.07) is 8.09. The maximum Gasteiger partial charge on any atom is 0.224 e. The number of amides is 1. The Bertz CT molecular complexity index is 401. The minimum Gasteiger partial charge on any atom is -0.353 e. The quantitative estimate of drug-likeness (QED) is 0.793. The molecule has 1 rings (SSSR count). The molecule has 0 fully saturated rings. The molecule has 0 radical (unpaired) electrons. The number of hydrogen-bond donors (Lipinski definition) is 2. The highest BCUT2D eigenvalue weighted by molar-refractivity contribution is 5.79. The van der Waals surface area contributed by atoms with Gasteiger partial charge in [-0.25, -0.2) is 0 Å². The highest BCUT2D eigenvalue weighted by atomic mass is 16.1. The van der Waals surface area contributed by atoms with Gasteiger partial charge in [-0.3, -0.25) is 4.79 Å². The molecule has 3 N–H and O–H groups in total. The van der Waals surface area contributed by atoms with Crippen molar-refractivity contribution in [1.82, 2.24) is 5.32 Å². The molecule has 0 spiro atoms. The third-order valence-electron chi connectivity index (χ3n) is 3.27. The Labute approximate surface area is 116 Å². The van der Waals surface area contributed by atoms with Crippen LogP contribution < -0.4 is 11.1 Å². The van der Waals surface area contributed by atoms with Crippen molar-refractivity contribution in [2.45, 2.75) is 52.6 Å². The van der Waals surface area contributed by atoms with Crippen LogP contribution in [0.15, 0.2) is 24.3 Å². The smallest absolute Gasteiger partial charge is 0.224 e. The summed E-state index contributed by atoms with van der Waals surface area (Å²) in [5, 5.41) is 3.06. The van der Waals surface area contributed by atoms with E-state index in [2.05, 4.69) is 26.1 Å². The molecule has 0 saturated heterocycles. The van der Waals surface area contributed by atoms with Crippen LogP contribution in [0.3, 0.4) is 0 Å². The van der Waals surface area contributed by atoms with Gasteiger partial charge in [-0.05, 0) is 36.8 Å². The number of carbonyl (C=O) groups is 1. The van der Waals surface area contributed by atoms with Crippen LogP contribution in [-0.4, -0.2) is 11.9 Å². The van der Waals surface area contributed by atoms with Gasteiger partial charge in [0, 0.05) is 12.6 Å². The second-order valence-corrected chi connectivity index (χ2v) is 5.59. The monoisotopic (exact) mass is 262 g/mol. The van der Waals surface area contributed by atoms with Crippen LogP contribution in [0.2, 0.25) is 0 Å². The van der Waals surface area contributed by atoms with Crippen molar-refractivity contribution in [2.24, 2.45) is 11.7 Å². The Morgan fingerprint density at radius 3 is 2.37 bits per heavy atom. The van der Waals surface area contributed by atoms with E-state index in [9.17, 15) is 4.79 Å². The summed E-state index contributed by atoms with van der Waals surface area (Å²) in [4.78, 5) is 12.0. The van der Waals surface area contributed by atoms with E-state index in [0.29, 0.717) is 18.9 Å². The van der Waals surface area contributed by atoms with Crippen LogP contribution in [0.25, 0.3) is 0 Å². The van der Waals surface area contributed by atoms with Crippen LogP contribution in [0, 0.1) is 5.92 Å². The molecule has 0 aliphatic rings. The minimum atomic E-state index is 0.0807. The highest BCUT2D eigenvalue weighted by Gasteiger charge is 2.10. The van der Waals surface area contributed by atoms with E-state index in [1.807, 2.05) is 24.3 Å². The van der Waals surface area contributed by atoms with Gasteiger partial charge in [-0.2, -0.15) is 0 Å². The zero-order valence-corrected chi connectivity index (χ0v) is 12.3. The number of hydrogen-bond acceptors (Lipinski definition) is 2. The zero-order chi connectivity index (χ0) is 14.3. The third kappa shape index (κ3) is 5.88. The van der Waals surface area contributed by atoms with E-state index in [4.69, 9.17) is 5.73 Å². The highest BCUT2D eigenvalue weighted by Crippen LogP contribution is 2.10. The van der Waals surface area contributed by atoms with Gasteiger partial charge in [0.2, 0.25) is 5.91 Å². The molecule has 3 heteroatoms. The van der Waals surface area contributed by atoms with E-state index in [-0.39, 0.29) is 11.9 Å². The van der Waals surface area contributed by atoms with Crippen molar-refractivity contribution in [2.75, 3.05) is 0 Å². The first kappa shape index (κ1) is 15.7. The molecule has 3 nitrogen and oxygen atoms in total. The minimum absolute atomic E-state index is 0.0807. The van der Waals surface area contributed by atoms with Crippen molar-refractivity contribution in [3.63, 3.8) is 0 Å². The Morgan fingerprint density at radius 2 is 1.79 bits per heavy atom. The Morgan fingerprint density at radius 1 is 1.16 bits per heavy atom. The molecule has 1 atom stereocenters. The molecule has 1 amide bonds. The predicted molar refractivity (Wildman–Crippen MR) is 79.7 cm³/mol. The molecular formula is C16H26N2O. The van der Waals surface area contributed by atoms with Crippen LogP contribution in [0.4, 0.5) is 0 Å². The first-order chi connectivity index (χ1) is 9.02. The SMILES string of the molecule is CC(C)CCC(C)NC(=O)Cc1ccccc1CN. The molecule has 106 valence electrons. The standard InChI is InChI=1S/C16H26N2O/c1-12(2)8-9-13(3)18-16(19)10-14-6-4-5-7-15(14)11-17/h4-7,12-13H,8-11,17H2,1-3H3,(H,18,19). The van der Waals surface area contributed by atoms with E-state index < -0.39 is 0 Å². The molecule has 19 heavy (non-hydrogen) atoms. The lowest BCUT2D eigenvalue weighted by atomic mass is 10.0. The number of benzene rings is 1. The molecule has 0 heterocycles. The Hall–Kier alpha value is -1.35. The van der Waals surface area contributed by atoms with Crippen LogP contribution in [0.5, 0.6) is 0 Å². The number of nitrogens with two attached hydrogens (primary N) is 1. The number of rotatable bonds is 7. The van der Waals surface area contributed by atoms with E-state index in [1.165, 1.54) is 0 Å². The summed E-state index contributed by atoms with van der Waals surface area (Å²) in [7, 11) is 0. The fraction of sp³-hybridized carbons (Fsp3) is 0.562.